The van der Waals surface area contributed by atoms with Crippen LogP contribution in [0.3, 0.4) is 0 Å². The minimum Gasteiger partial charge on any atom is -0.204 e. The molecule has 7 heteroatoms. The molecule has 0 N–H and O–H groups in total. The third-order valence-electron chi connectivity index (χ3n) is 1.73. The van der Waals surface area contributed by atoms with Gasteiger partial charge in [-0.3, -0.25) is 0 Å². The Morgan fingerprint density at radius 2 is 1.67 bits per heavy atom. The molecule has 0 aliphatic carbocycles. The van der Waals surface area contributed by atoms with E-state index in [1.54, 1.807) is 0 Å². The van der Waals surface area contributed by atoms with Gasteiger partial charge in [-0.25, -0.2) is 13.2 Å². The van der Waals surface area contributed by atoms with Gasteiger partial charge in [0.2, 0.25) is 0 Å². The Kier molecular flexibility index (Phi) is 3.33. The molecule has 15 heavy (non-hydrogen) atoms. The summed E-state index contributed by atoms with van der Waals surface area (Å²) in [5.74, 6) is -5.52. The number of halogens is 4. The SMILES string of the molecule is O=S(=O)(F)CCc1ccc(F)c(F)c1F. The molecule has 0 spiro atoms. The molecule has 1 aromatic rings. The molecule has 0 saturated heterocycles. The molecule has 0 atom stereocenters. The van der Waals surface area contributed by atoms with Gasteiger partial charge in [0.15, 0.2) is 17.5 Å². The highest BCUT2D eigenvalue weighted by atomic mass is 32.3. The van der Waals surface area contributed by atoms with E-state index >= 15 is 0 Å². The third kappa shape index (κ3) is 3.19. The van der Waals surface area contributed by atoms with Crippen LogP contribution in [0.15, 0.2) is 12.1 Å². The van der Waals surface area contributed by atoms with Crippen molar-refractivity contribution >= 4 is 10.2 Å². The Balaban J connectivity index is 2.93. The number of hydrogen-bond donors (Lipinski definition) is 0. The summed E-state index contributed by atoms with van der Waals surface area (Å²) >= 11 is 0. The standard InChI is InChI=1S/C8H6F4O2S/c9-6-2-1-5(7(10)8(6)11)3-4-15(12,13)14/h1-2H,3-4H2. The largest absolute Gasteiger partial charge is 0.302 e. The third-order valence-corrected chi connectivity index (χ3v) is 2.42. The van der Waals surface area contributed by atoms with Crippen molar-refractivity contribution < 1.29 is 25.5 Å². The van der Waals surface area contributed by atoms with Crippen LogP contribution in [-0.2, 0) is 16.6 Å². The summed E-state index contributed by atoms with van der Waals surface area (Å²) in [6, 6.07) is 1.53. The van der Waals surface area contributed by atoms with E-state index in [0.717, 1.165) is 6.07 Å². The van der Waals surface area contributed by atoms with Gasteiger partial charge in [0.05, 0.1) is 5.75 Å². The Bertz CT molecular complexity index is 470. The summed E-state index contributed by atoms with van der Waals surface area (Å²) < 4.78 is 70.2. The maximum absolute atomic E-state index is 12.9. The molecule has 0 bridgehead atoms. The van der Waals surface area contributed by atoms with E-state index < -0.39 is 39.8 Å². The molecule has 0 radical (unpaired) electrons. The maximum Gasteiger partial charge on any atom is 0.302 e. The fourth-order valence-electron chi connectivity index (χ4n) is 0.991. The van der Waals surface area contributed by atoms with Crippen LogP contribution >= 0.6 is 0 Å². The van der Waals surface area contributed by atoms with Crippen molar-refractivity contribution in [2.45, 2.75) is 6.42 Å². The average molecular weight is 242 g/mol. The number of benzene rings is 1. The lowest BCUT2D eigenvalue weighted by Crippen LogP contribution is -2.05. The van der Waals surface area contributed by atoms with E-state index in [0.29, 0.717) is 6.07 Å². The summed E-state index contributed by atoms with van der Waals surface area (Å²) in [7, 11) is -4.74. The van der Waals surface area contributed by atoms with E-state index in [1.165, 1.54) is 0 Å². The van der Waals surface area contributed by atoms with Crippen LogP contribution in [0.5, 0.6) is 0 Å². The normalized spacial score (nSPS) is 11.7. The summed E-state index contributed by atoms with van der Waals surface area (Å²) in [5, 5.41) is 0. The van der Waals surface area contributed by atoms with Crippen LogP contribution in [0.25, 0.3) is 0 Å². The molecule has 0 aliphatic rings. The van der Waals surface area contributed by atoms with Crippen LogP contribution in [0.1, 0.15) is 5.56 Å². The molecule has 0 fully saturated rings. The zero-order chi connectivity index (χ0) is 11.6. The van der Waals surface area contributed by atoms with Gasteiger partial charge < -0.3 is 0 Å². The van der Waals surface area contributed by atoms with E-state index in [2.05, 4.69) is 0 Å². The summed E-state index contributed by atoms with van der Waals surface area (Å²) in [5.41, 5.74) is -0.380. The predicted molar refractivity (Wildman–Crippen MR) is 44.9 cm³/mol. The van der Waals surface area contributed by atoms with Gasteiger partial charge in [-0.2, -0.15) is 8.42 Å². The monoisotopic (exact) mass is 242 g/mol. The van der Waals surface area contributed by atoms with Crippen molar-refractivity contribution in [3.63, 3.8) is 0 Å². The summed E-state index contributed by atoms with van der Waals surface area (Å²) in [6.07, 6.45) is -0.540. The van der Waals surface area contributed by atoms with Gasteiger partial charge >= 0.3 is 10.2 Å². The van der Waals surface area contributed by atoms with Crippen LogP contribution in [0.2, 0.25) is 0 Å². The molecule has 1 aromatic carbocycles. The molecular formula is C8H6F4O2S. The number of rotatable bonds is 3. The van der Waals surface area contributed by atoms with Gasteiger partial charge in [0.1, 0.15) is 0 Å². The Morgan fingerprint density at radius 3 is 2.20 bits per heavy atom. The van der Waals surface area contributed by atoms with Gasteiger partial charge in [-0.05, 0) is 18.1 Å². The smallest absolute Gasteiger partial charge is 0.204 e. The van der Waals surface area contributed by atoms with E-state index in [4.69, 9.17) is 0 Å². The second kappa shape index (κ2) is 4.18. The fourth-order valence-corrected chi connectivity index (χ4v) is 1.45. The highest BCUT2D eigenvalue weighted by molar-refractivity contribution is 7.86. The van der Waals surface area contributed by atoms with Crippen molar-refractivity contribution in [1.29, 1.82) is 0 Å². The van der Waals surface area contributed by atoms with E-state index in [9.17, 15) is 25.5 Å². The highest BCUT2D eigenvalue weighted by Gasteiger charge is 2.15. The van der Waals surface area contributed by atoms with Crippen molar-refractivity contribution in [1.82, 2.24) is 0 Å². The van der Waals surface area contributed by atoms with Gasteiger partial charge in [-0.15, -0.1) is 3.89 Å². The molecule has 0 heterocycles. The molecule has 0 saturated carbocycles. The first kappa shape index (κ1) is 12.0. The topological polar surface area (TPSA) is 34.1 Å². The van der Waals surface area contributed by atoms with Crippen molar-refractivity contribution in [3.8, 4) is 0 Å². The van der Waals surface area contributed by atoms with Crippen LogP contribution in [0.4, 0.5) is 17.1 Å². The van der Waals surface area contributed by atoms with Gasteiger partial charge in [0.25, 0.3) is 0 Å². The molecule has 84 valence electrons. The zero-order valence-corrected chi connectivity index (χ0v) is 8.12. The van der Waals surface area contributed by atoms with Crippen molar-refractivity contribution in [2.75, 3.05) is 5.75 Å². The summed E-state index contributed by atoms with van der Waals surface area (Å²) in [4.78, 5) is 0. The minimum atomic E-state index is -4.74. The Hall–Kier alpha value is -1.11. The first-order valence-corrected chi connectivity index (χ1v) is 5.41. The van der Waals surface area contributed by atoms with Crippen molar-refractivity contribution in [2.24, 2.45) is 0 Å². The molecule has 1 rings (SSSR count). The predicted octanol–water partition coefficient (Wildman–Crippen LogP) is 1.95. The van der Waals surface area contributed by atoms with E-state index in [1.807, 2.05) is 0 Å². The lowest BCUT2D eigenvalue weighted by molar-refractivity contribution is 0.441. The number of aryl methyl sites for hydroxylation is 1. The summed E-state index contributed by atoms with van der Waals surface area (Å²) in [6.45, 7) is 0. The number of hydrogen-bond acceptors (Lipinski definition) is 2. The average Bonchev–Trinajstić information content (AvgIpc) is 2.12. The van der Waals surface area contributed by atoms with E-state index in [-0.39, 0.29) is 5.56 Å². The molecule has 0 aromatic heterocycles. The first-order valence-electron chi connectivity index (χ1n) is 3.86. The lowest BCUT2D eigenvalue weighted by Gasteiger charge is -2.02. The van der Waals surface area contributed by atoms with Crippen LogP contribution in [-0.4, -0.2) is 14.2 Å². The fraction of sp³-hybridized carbons (Fsp3) is 0.250. The van der Waals surface area contributed by atoms with Crippen LogP contribution < -0.4 is 0 Å². The molecule has 0 amide bonds. The minimum absolute atomic E-state index is 0.380. The molecular weight excluding hydrogens is 236 g/mol. The van der Waals surface area contributed by atoms with Gasteiger partial charge in [0, 0.05) is 0 Å². The second-order valence-electron chi connectivity index (χ2n) is 2.83. The van der Waals surface area contributed by atoms with Crippen molar-refractivity contribution in [3.05, 3.63) is 35.1 Å². The lowest BCUT2D eigenvalue weighted by atomic mass is 10.1. The quantitative estimate of drug-likeness (QED) is 0.461. The Labute approximate surface area is 83.7 Å². The maximum atomic E-state index is 12.9. The zero-order valence-electron chi connectivity index (χ0n) is 7.31. The molecule has 0 aliphatic heterocycles. The molecule has 0 unspecified atom stereocenters. The molecule has 2 nitrogen and oxygen atoms in total. The van der Waals surface area contributed by atoms with Gasteiger partial charge in [-0.1, -0.05) is 6.07 Å². The second-order valence-corrected chi connectivity index (χ2v) is 4.31. The van der Waals surface area contributed by atoms with Crippen LogP contribution in [0, 0.1) is 17.5 Å². The highest BCUT2D eigenvalue weighted by Crippen LogP contribution is 2.16. The first-order chi connectivity index (χ1) is 6.81. The Morgan fingerprint density at radius 1 is 1.07 bits per heavy atom.